The van der Waals surface area contributed by atoms with Gasteiger partial charge in [0.25, 0.3) is 0 Å². The molecule has 7 heteroatoms. The summed E-state index contributed by atoms with van der Waals surface area (Å²) in [6.07, 6.45) is 2.56. The lowest BCUT2D eigenvalue weighted by Gasteiger charge is -2.23. The molecule has 0 N–H and O–H groups in total. The van der Waals surface area contributed by atoms with Crippen LogP contribution in [0.15, 0.2) is 54.9 Å². The van der Waals surface area contributed by atoms with Gasteiger partial charge in [0.2, 0.25) is 0 Å². The Kier molecular flexibility index (Phi) is 3.79. The van der Waals surface area contributed by atoms with Crippen LogP contribution in [0.1, 0.15) is 18.1 Å². The Morgan fingerprint density at radius 2 is 1.89 bits per heavy atom. The maximum absolute atomic E-state index is 6.30. The standard InChI is InChI=1S/C20H17ClN6/c1-13-10-14-6-3-5-9-17(14)27(13)20-18-19(22-12-23-20)26(25-24-18)11-15-7-2-4-8-16(15)21/h2-9,12-13H,10-11H2,1H3. The van der Waals surface area contributed by atoms with Crippen molar-refractivity contribution in [2.75, 3.05) is 4.90 Å². The molecule has 1 atom stereocenters. The minimum atomic E-state index is 0.300. The molecule has 0 fully saturated rings. The Hall–Kier alpha value is -2.99. The fraction of sp³-hybridized carbons (Fsp3) is 0.200. The van der Waals surface area contributed by atoms with Gasteiger partial charge in [-0.2, -0.15) is 0 Å². The van der Waals surface area contributed by atoms with Gasteiger partial charge in [0.05, 0.1) is 6.54 Å². The van der Waals surface area contributed by atoms with Crippen molar-refractivity contribution in [3.05, 3.63) is 71.0 Å². The summed E-state index contributed by atoms with van der Waals surface area (Å²) in [6, 6.07) is 16.5. The third-order valence-corrected chi connectivity index (χ3v) is 5.36. The number of hydrogen-bond donors (Lipinski definition) is 0. The number of anilines is 2. The van der Waals surface area contributed by atoms with Crippen LogP contribution < -0.4 is 4.90 Å². The normalized spacial score (nSPS) is 16.1. The molecule has 1 aliphatic heterocycles. The van der Waals surface area contributed by atoms with E-state index in [1.807, 2.05) is 24.3 Å². The van der Waals surface area contributed by atoms with Crippen LogP contribution in [-0.2, 0) is 13.0 Å². The SMILES string of the molecule is CC1Cc2ccccc2N1c1ncnc2c1nnn2Cc1ccccc1Cl. The topological polar surface area (TPSA) is 59.7 Å². The van der Waals surface area contributed by atoms with Crippen molar-refractivity contribution in [1.82, 2.24) is 25.0 Å². The molecule has 5 rings (SSSR count). The van der Waals surface area contributed by atoms with Crippen LogP contribution in [0.2, 0.25) is 5.02 Å². The van der Waals surface area contributed by atoms with Crippen LogP contribution in [0.3, 0.4) is 0 Å². The molecule has 0 saturated carbocycles. The first-order chi connectivity index (χ1) is 13.2. The number of rotatable bonds is 3. The highest BCUT2D eigenvalue weighted by Crippen LogP contribution is 2.39. The summed E-state index contributed by atoms with van der Waals surface area (Å²) < 4.78 is 1.77. The predicted octanol–water partition coefficient (Wildman–Crippen LogP) is 4.01. The first kappa shape index (κ1) is 16.2. The van der Waals surface area contributed by atoms with Gasteiger partial charge in [0.15, 0.2) is 17.0 Å². The van der Waals surface area contributed by atoms with E-state index in [0.717, 1.165) is 17.8 Å². The van der Waals surface area contributed by atoms with Gasteiger partial charge in [-0.15, -0.1) is 5.10 Å². The van der Waals surface area contributed by atoms with Crippen molar-refractivity contribution >= 4 is 34.3 Å². The fourth-order valence-electron chi connectivity index (χ4n) is 3.74. The van der Waals surface area contributed by atoms with Crippen LogP contribution in [0.5, 0.6) is 0 Å². The molecule has 1 unspecified atom stereocenters. The maximum atomic E-state index is 6.30. The molecule has 1 aliphatic rings. The second-order valence-corrected chi connectivity index (χ2v) is 7.17. The number of fused-ring (bicyclic) bond motifs is 2. The maximum Gasteiger partial charge on any atom is 0.184 e. The van der Waals surface area contributed by atoms with Crippen LogP contribution in [0.25, 0.3) is 11.2 Å². The minimum Gasteiger partial charge on any atom is -0.321 e. The van der Waals surface area contributed by atoms with Crippen LogP contribution in [0, 0.1) is 0 Å². The number of aromatic nitrogens is 5. The number of hydrogen-bond acceptors (Lipinski definition) is 5. The summed E-state index contributed by atoms with van der Waals surface area (Å²) in [5.74, 6) is 0.794. The van der Waals surface area contributed by atoms with E-state index in [1.165, 1.54) is 11.3 Å². The molecule has 0 aliphatic carbocycles. The quantitative estimate of drug-likeness (QED) is 0.540. The number of halogens is 1. The molecule has 0 spiro atoms. The lowest BCUT2D eigenvalue weighted by molar-refractivity contribution is 0.664. The summed E-state index contributed by atoms with van der Waals surface area (Å²) in [6.45, 7) is 2.71. The monoisotopic (exact) mass is 376 g/mol. The van der Waals surface area contributed by atoms with Crippen LogP contribution in [0.4, 0.5) is 11.5 Å². The molecular weight excluding hydrogens is 360 g/mol. The van der Waals surface area contributed by atoms with Gasteiger partial charge in [-0.1, -0.05) is 53.2 Å². The molecule has 6 nitrogen and oxygen atoms in total. The number of nitrogens with zero attached hydrogens (tertiary/aromatic N) is 6. The summed E-state index contributed by atoms with van der Waals surface area (Å²) in [5.41, 5.74) is 4.88. The van der Waals surface area contributed by atoms with Gasteiger partial charge in [-0.25, -0.2) is 14.6 Å². The third-order valence-electron chi connectivity index (χ3n) is 4.99. The molecular formula is C20H17ClN6. The summed E-state index contributed by atoms with van der Waals surface area (Å²) in [4.78, 5) is 11.2. The highest BCUT2D eigenvalue weighted by atomic mass is 35.5. The van der Waals surface area contributed by atoms with Gasteiger partial charge < -0.3 is 4.90 Å². The van der Waals surface area contributed by atoms with Gasteiger partial charge in [-0.3, -0.25) is 0 Å². The summed E-state index contributed by atoms with van der Waals surface area (Å²) in [7, 11) is 0. The highest BCUT2D eigenvalue weighted by molar-refractivity contribution is 6.31. The van der Waals surface area contributed by atoms with E-state index in [-0.39, 0.29) is 0 Å². The Labute approximate surface area is 161 Å². The van der Waals surface area contributed by atoms with E-state index in [4.69, 9.17) is 11.6 Å². The molecule has 0 radical (unpaired) electrons. The third kappa shape index (κ3) is 2.64. The zero-order chi connectivity index (χ0) is 18.4. The zero-order valence-electron chi connectivity index (χ0n) is 14.7. The lowest BCUT2D eigenvalue weighted by atomic mass is 10.1. The Bertz CT molecular complexity index is 1140. The molecule has 134 valence electrons. The van der Waals surface area contributed by atoms with Crippen molar-refractivity contribution in [2.45, 2.75) is 25.9 Å². The van der Waals surface area contributed by atoms with Crippen molar-refractivity contribution in [3.8, 4) is 0 Å². The average molecular weight is 377 g/mol. The lowest BCUT2D eigenvalue weighted by Crippen LogP contribution is -2.25. The summed E-state index contributed by atoms with van der Waals surface area (Å²) in [5, 5.41) is 9.43. The van der Waals surface area contributed by atoms with Crippen molar-refractivity contribution in [2.24, 2.45) is 0 Å². The largest absolute Gasteiger partial charge is 0.321 e. The van der Waals surface area contributed by atoms with Crippen molar-refractivity contribution in [3.63, 3.8) is 0 Å². The van der Waals surface area contributed by atoms with Crippen molar-refractivity contribution < 1.29 is 0 Å². The molecule has 0 bridgehead atoms. The van der Waals surface area contributed by atoms with E-state index in [0.29, 0.717) is 28.8 Å². The highest BCUT2D eigenvalue weighted by Gasteiger charge is 2.30. The molecule has 3 heterocycles. The number of benzene rings is 2. The van der Waals surface area contributed by atoms with Gasteiger partial charge in [-0.05, 0) is 36.6 Å². The van der Waals surface area contributed by atoms with Gasteiger partial charge in [0, 0.05) is 16.8 Å². The van der Waals surface area contributed by atoms with Crippen LogP contribution >= 0.6 is 11.6 Å². The van der Waals surface area contributed by atoms with E-state index in [9.17, 15) is 0 Å². The molecule has 27 heavy (non-hydrogen) atoms. The first-order valence-electron chi connectivity index (χ1n) is 8.87. The predicted molar refractivity (Wildman–Crippen MR) is 105 cm³/mol. The van der Waals surface area contributed by atoms with Gasteiger partial charge in [0.1, 0.15) is 6.33 Å². The Morgan fingerprint density at radius 1 is 1.07 bits per heavy atom. The van der Waals surface area contributed by atoms with Gasteiger partial charge >= 0.3 is 0 Å². The molecule has 2 aromatic carbocycles. The smallest absolute Gasteiger partial charge is 0.184 e. The van der Waals surface area contributed by atoms with Crippen LogP contribution in [-0.4, -0.2) is 31.0 Å². The van der Waals surface area contributed by atoms with Crippen molar-refractivity contribution in [1.29, 1.82) is 0 Å². The fourth-order valence-corrected chi connectivity index (χ4v) is 3.93. The first-order valence-corrected chi connectivity index (χ1v) is 9.25. The van der Waals surface area contributed by atoms with E-state index < -0.39 is 0 Å². The Morgan fingerprint density at radius 3 is 2.78 bits per heavy atom. The van der Waals surface area contributed by atoms with E-state index in [2.05, 4.69) is 56.4 Å². The zero-order valence-corrected chi connectivity index (χ0v) is 15.5. The Balaban J connectivity index is 1.60. The molecule has 0 saturated heterocycles. The number of para-hydroxylation sites is 1. The average Bonchev–Trinajstić information content (AvgIpc) is 3.24. The minimum absolute atomic E-state index is 0.300. The van der Waals surface area contributed by atoms with E-state index in [1.54, 1.807) is 11.0 Å². The molecule has 2 aromatic heterocycles. The van der Waals surface area contributed by atoms with E-state index >= 15 is 0 Å². The second-order valence-electron chi connectivity index (χ2n) is 6.76. The second kappa shape index (κ2) is 6.32. The molecule has 4 aromatic rings. The summed E-state index contributed by atoms with van der Waals surface area (Å²) >= 11 is 6.30. The molecule has 0 amide bonds.